The van der Waals surface area contributed by atoms with Crippen LogP contribution in [-0.4, -0.2) is 43.3 Å². The molecule has 1 heterocycles. The van der Waals surface area contributed by atoms with Crippen LogP contribution in [-0.2, 0) is 26.4 Å². The number of hydrogen-bond acceptors (Lipinski definition) is 6. The SMILES string of the molecule is COc1ccc(S(C)(=O)=O)cc1S(=O)(=O)N1CCNCc2ccccc21.Cl. The largest absolute Gasteiger partial charge is 0.495 e. The molecule has 1 aliphatic rings. The molecule has 3 rings (SSSR count). The van der Waals surface area contributed by atoms with Crippen LogP contribution >= 0.6 is 12.4 Å². The lowest BCUT2D eigenvalue weighted by atomic mass is 10.2. The number of nitrogens with zero attached hydrogens (tertiary/aromatic N) is 1. The highest BCUT2D eigenvalue weighted by Gasteiger charge is 2.31. The van der Waals surface area contributed by atoms with Crippen LogP contribution < -0.4 is 14.4 Å². The Morgan fingerprint density at radius 3 is 2.44 bits per heavy atom. The fourth-order valence-corrected chi connectivity index (χ4v) is 5.29. The summed E-state index contributed by atoms with van der Waals surface area (Å²) in [6.45, 7) is 1.26. The monoisotopic (exact) mass is 432 g/mol. The Morgan fingerprint density at radius 1 is 1.07 bits per heavy atom. The normalized spacial score (nSPS) is 14.7. The summed E-state index contributed by atoms with van der Waals surface area (Å²) in [5.41, 5.74) is 1.43. The molecule has 2 aromatic rings. The van der Waals surface area contributed by atoms with E-state index in [9.17, 15) is 16.8 Å². The molecule has 7 nitrogen and oxygen atoms in total. The average molecular weight is 433 g/mol. The van der Waals surface area contributed by atoms with Gasteiger partial charge in [0.1, 0.15) is 10.6 Å². The summed E-state index contributed by atoms with van der Waals surface area (Å²) in [6.07, 6.45) is 1.04. The van der Waals surface area contributed by atoms with Gasteiger partial charge in [-0.05, 0) is 29.8 Å². The van der Waals surface area contributed by atoms with Crippen LogP contribution in [0.1, 0.15) is 5.56 Å². The van der Waals surface area contributed by atoms with Gasteiger partial charge in [0, 0.05) is 25.9 Å². The number of anilines is 1. The van der Waals surface area contributed by atoms with E-state index in [1.807, 2.05) is 12.1 Å². The van der Waals surface area contributed by atoms with Gasteiger partial charge in [-0.1, -0.05) is 18.2 Å². The maximum atomic E-state index is 13.4. The predicted molar refractivity (Wildman–Crippen MR) is 106 cm³/mol. The van der Waals surface area contributed by atoms with Gasteiger partial charge in [0.15, 0.2) is 9.84 Å². The quantitative estimate of drug-likeness (QED) is 0.792. The third-order valence-corrected chi connectivity index (χ3v) is 7.14. The summed E-state index contributed by atoms with van der Waals surface area (Å²) in [4.78, 5) is -0.238. The number of halogens is 1. The number of methoxy groups -OCH3 is 1. The molecule has 0 bridgehead atoms. The van der Waals surface area contributed by atoms with Gasteiger partial charge in [0.05, 0.1) is 17.7 Å². The van der Waals surface area contributed by atoms with Gasteiger partial charge >= 0.3 is 0 Å². The molecule has 0 amide bonds. The molecule has 0 unspecified atom stereocenters. The molecule has 0 radical (unpaired) electrons. The molecular weight excluding hydrogens is 412 g/mol. The third-order valence-electron chi connectivity index (χ3n) is 4.20. The molecule has 148 valence electrons. The van der Waals surface area contributed by atoms with Crippen molar-refractivity contribution in [1.82, 2.24) is 5.32 Å². The number of fused-ring (bicyclic) bond motifs is 1. The number of sulfone groups is 1. The summed E-state index contributed by atoms with van der Waals surface area (Å²) in [5, 5.41) is 3.19. The first-order valence-corrected chi connectivity index (χ1v) is 11.3. The van der Waals surface area contributed by atoms with Gasteiger partial charge in [0.2, 0.25) is 0 Å². The first kappa shape index (κ1) is 21.5. The molecule has 27 heavy (non-hydrogen) atoms. The van der Waals surface area contributed by atoms with Gasteiger partial charge in [-0.25, -0.2) is 16.8 Å². The van der Waals surface area contributed by atoms with Crippen LogP contribution in [0.25, 0.3) is 0 Å². The van der Waals surface area contributed by atoms with Crippen molar-refractivity contribution < 1.29 is 21.6 Å². The number of sulfonamides is 1. The third kappa shape index (κ3) is 4.21. The number of benzene rings is 2. The van der Waals surface area contributed by atoms with Crippen molar-refractivity contribution in [3.63, 3.8) is 0 Å². The smallest absolute Gasteiger partial charge is 0.268 e. The zero-order chi connectivity index (χ0) is 18.9. The summed E-state index contributed by atoms with van der Waals surface area (Å²) >= 11 is 0. The molecule has 0 saturated carbocycles. The zero-order valence-electron chi connectivity index (χ0n) is 14.9. The standard InChI is InChI=1S/C17H20N2O5S2.ClH/c1-24-16-8-7-14(25(2,20)21)11-17(16)26(22,23)19-10-9-18-12-13-5-3-4-6-15(13)19;/h3-8,11,18H,9-10,12H2,1-2H3;1H. The van der Waals surface area contributed by atoms with E-state index < -0.39 is 19.9 Å². The van der Waals surface area contributed by atoms with Crippen molar-refractivity contribution in [3.8, 4) is 5.75 Å². The van der Waals surface area contributed by atoms with Crippen LogP contribution in [0.4, 0.5) is 5.69 Å². The molecule has 0 saturated heterocycles. The predicted octanol–water partition coefficient (Wildman–Crippen LogP) is 1.82. The molecule has 0 spiro atoms. The van der Waals surface area contributed by atoms with E-state index in [0.717, 1.165) is 17.9 Å². The van der Waals surface area contributed by atoms with Crippen molar-refractivity contribution in [1.29, 1.82) is 0 Å². The molecule has 10 heteroatoms. The lowest BCUT2D eigenvalue weighted by Crippen LogP contribution is -2.35. The van der Waals surface area contributed by atoms with Crippen LogP contribution in [0.5, 0.6) is 5.75 Å². The van der Waals surface area contributed by atoms with Crippen molar-refractivity contribution in [2.24, 2.45) is 0 Å². The topological polar surface area (TPSA) is 92.8 Å². The average Bonchev–Trinajstić information content (AvgIpc) is 2.83. The van der Waals surface area contributed by atoms with Crippen LogP contribution in [0, 0.1) is 0 Å². The highest BCUT2D eigenvalue weighted by molar-refractivity contribution is 7.93. The Kier molecular flexibility index (Phi) is 6.41. The molecule has 0 atom stereocenters. The van der Waals surface area contributed by atoms with E-state index in [1.165, 1.54) is 23.5 Å². The van der Waals surface area contributed by atoms with Gasteiger partial charge in [-0.15, -0.1) is 12.4 Å². The number of para-hydroxylation sites is 1. The first-order chi connectivity index (χ1) is 12.2. The minimum absolute atomic E-state index is 0. The molecular formula is C17H21ClN2O5S2. The summed E-state index contributed by atoms with van der Waals surface area (Å²) in [7, 11) is -6.23. The van der Waals surface area contributed by atoms with E-state index in [4.69, 9.17) is 4.74 Å². The van der Waals surface area contributed by atoms with Crippen LogP contribution in [0.15, 0.2) is 52.3 Å². The molecule has 1 N–H and O–H groups in total. The van der Waals surface area contributed by atoms with E-state index in [1.54, 1.807) is 12.1 Å². The molecule has 0 fully saturated rings. The number of nitrogens with one attached hydrogen (secondary N) is 1. The number of hydrogen-bond donors (Lipinski definition) is 1. The molecule has 0 aromatic heterocycles. The maximum absolute atomic E-state index is 13.4. The van der Waals surface area contributed by atoms with Crippen molar-refractivity contribution in [2.45, 2.75) is 16.3 Å². The Balaban J connectivity index is 0.00000261. The van der Waals surface area contributed by atoms with Crippen molar-refractivity contribution in [3.05, 3.63) is 48.0 Å². The van der Waals surface area contributed by atoms with Crippen LogP contribution in [0.2, 0.25) is 0 Å². The Hall–Kier alpha value is -1.81. The Bertz CT molecular complexity index is 1040. The molecule has 2 aromatic carbocycles. The lowest BCUT2D eigenvalue weighted by Gasteiger charge is -2.25. The number of ether oxygens (including phenoxy) is 1. The summed E-state index contributed by atoms with van der Waals surface area (Å²) in [5.74, 6) is 0.104. The fourth-order valence-electron chi connectivity index (χ4n) is 2.89. The second kappa shape index (κ2) is 8.05. The van der Waals surface area contributed by atoms with E-state index in [0.29, 0.717) is 18.8 Å². The summed E-state index contributed by atoms with van der Waals surface area (Å²) in [6, 6.07) is 11.1. The Morgan fingerprint density at radius 2 is 1.78 bits per heavy atom. The minimum Gasteiger partial charge on any atom is -0.495 e. The van der Waals surface area contributed by atoms with E-state index >= 15 is 0 Å². The van der Waals surface area contributed by atoms with E-state index in [2.05, 4.69) is 5.32 Å². The minimum atomic E-state index is -4.02. The van der Waals surface area contributed by atoms with Gasteiger partial charge in [0.25, 0.3) is 10.0 Å². The van der Waals surface area contributed by atoms with Crippen molar-refractivity contribution >= 4 is 38.0 Å². The maximum Gasteiger partial charge on any atom is 0.268 e. The molecule has 0 aliphatic carbocycles. The highest BCUT2D eigenvalue weighted by atomic mass is 35.5. The fraction of sp³-hybridized carbons (Fsp3) is 0.294. The van der Waals surface area contributed by atoms with E-state index in [-0.39, 0.29) is 34.5 Å². The van der Waals surface area contributed by atoms with Gasteiger partial charge in [-0.2, -0.15) is 0 Å². The highest BCUT2D eigenvalue weighted by Crippen LogP contribution is 2.33. The van der Waals surface area contributed by atoms with Gasteiger partial charge in [-0.3, -0.25) is 4.31 Å². The van der Waals surface area contributed by atoms with Crippen molar-refractivity contribution in [2.75, 3.05) is 30.8 Å². The van der Waals surface area contributed by atoms with Gasteiger partial charge < -0.3 is 10.1 Å². The summed E-state index contributed by atoms with van der Waals surface area (Å²) < 4.78 is 57.0. The molecule has 1 aliphatic heterocycles. The second-order valence-corrected chi connectivity index (χ2v) is 9.81. The van der Waals surface area contributed by atoms with Crippen LogP contribution in [0.3, 0.4) is 0 Å². The lowest BCUT2D eigenvalue weighted by molar-refractivity contribution is 0.402. The second-order valence-electron chi connectivity index (χ2n) is 5.97. The number of rotatable bonds is 4. The first-order valence-electron chi connectivity index (χ1n) is 7.94. The Labute approximate surface area is 165 Å². The zero-order valence-corrected chi connectivity index (χ0v) is 17.3.